The molecule has 0 atom stereocenters. The Bertz CT molecular complexity index is 1250. The van der Waals surface area contributed by atoms with Crippen molar-refractivity contribution in [2.75, 3.05) is 18.1 Å². The largest absolute Gasteiger partial charge is 0.398 e. The zero-order valence-electron chi connectivity index (χ0n) is 19.6. The van der Waals surface area contributed by atoms with Crippen molar-refractivity contribution in [3.8, 4) is 11.1 Å². The molecule has 0 fully saturated rings. The van der Waals surface area contributed by atoms with Crippen LogP contribution in [0.1, 0.15) is 11.3 Å². The van der Waals surface area contributed by atoms with Crippen LogP contribution in [0.3, 0.4) is 0 Å². The van der Waals surface area contributed by atoms with E-state index in [0.29, 0.717) is 18.1 Å². The molecule has 0 radical (unpaired) electrons. The third kappa shape index (κ3) is 5.53. The highest BCUT2D eigenvalue weighted by molar-refractivity contribution is 6.76. The smallest absolute Gasteiger partial charge is 0.140 e. The quantitative estimate of drug-likeness (QED) is 0.184. The van der Waals surface area contributed by atoms with Crippen LogP contribution in [-0.4, -0.2) is 24.5 Å². The fourth-order valence-electron chi connectivity index (χ4n) is 3.77. The molecule has 33 heavy (non-hydrogen) atoms. The molecule has 0 spiro atoms. The molecule has 0 aliphatic heterocycles. The number of nitrogen functional groups attached to an aromatic ring is 2. The Hall–Kier alpha value is -3.35. The molecule has 4 aromatic rings. The maximum Gasteiger partial charge on any atom is 0.140 e. The molecule has 4 rings (SSSR count). The van der Waals surface area contributed by atoms with Gasteiger partial charge >= 0.3 is 0 Å². The Labute approximate surface area is 196 Å². The second-order valence-corrected chi connectivity index (χ2v) is 15.1. The number of aromatic nitrogens is 2. The molecule has 0 aliphatic carbocycles. The first-order chi connectivity index (χ1) is 15.8. The van der Waals surface area contributed by atoms with E-state index in [9.17, 15) is 0 Å². The molecule has 170 valence electrons. The van der Waals surface area contributed by atoms with Crippen LogP contribution in [0.5, 0.6) is 0 Å². The summed E-state index contributed by atoms with van der Waals surface area (Å²) in [6, 6.07) is 23.2. The second kappa shape index (κ2) is 9.64. The number of hydrogen-bond acceptors (Lipinski definition) is 4. The molecule has 4 N–H and O–H groups in total. The van der Waals surface area contributed by atoms with E-state index in [4.69, 9.17) is 21.3 Å². The summed E-state index contributed by atoms with van der Waals surface area (Å²) < 4.78 is 7.97. The van der Waals surface area contributed by atoms with E-state index >= 15 is 0 Å². The summed E-state index contributed by atoms with van der Waals surface area (Å²) in [6.07, 6.45) is 4.14. The normalized spacial score (nSPS) is 12.1. The van der Waals surface area contributed by atoms with Gasteiger partial charge in [-0.15, -0.1) is 0 Å². The molecular weight excluding hydrogens is 424 g/mol. The third-order valence-electron chi connectivity index (χ3n) is 5.64. The fraction of sp³-hybridized carbons (Fsp3) is 0.222. The van der Waals surface area contributed by atoms with Crippen molar-refractivity contribution in [1.29, 1.82) is 0 Å². The minimum Gasteiger partial charge on any atom is -0.398 e. The zero-order valence-corrected chi connectivity index (χ0v) is 20.6. The summed E-state index contributed by atoms with van der Waals surface area (Å²) in [7, 11) is -1.15. The summed E-state index contributed by atoms with van der Waals surface area (Å²) in [5, 5.41) is 5.93. The minimum atomic E-state index is -1.15. The number of benzene rings is 3. The maximum absolute atomic E-state index is 6.26. The number of nitrogens with zero attached hydrogens (tertiary/aromatic N) is 2. The zero-order chi connectivity index (χ0) is 23.4. The van der Waals surface area contributed by atoms with Gasteiger partial charge in [-0.05, 0) is 47.5 Å². The van der Waals surface area contributed by atoms with Crippen molar-refractivity contribution in [2.24, 2.45) is 0 Å². The molecule has 0 saturated heterocycles. The molecule has 0 amide bonds. The summed E-state index contributed by atoms with van der Waals surface area (Å²) in [5.74, 6) is 0. The van der Waals surface area contributed by atoms with E-state index in [-0.39, 0.29) is 0 Å². The first-order valence-electron chi connectivity index (χ1n) is 11.3. The van der Waals surface area contributed by atoms with E-state index < -0.39 is 8.07 Å². The topological polar surface area (TPSA) is 79.1 Å². The van der Waals surface area contributed by atoms with Gasteiger partial charge in [0.2, 0.25) is 0 Å². The van der Waals surface area contributed by atoms with Crippen molar-refractivity contribution in [3.05, 3.63) is 78.0 Å². The monoisotopic (exact) mass is 456 g/mol. The Balaban J connectivity index is 1.72. The predicted molar refractivity (Wildman–Crippen MR) is 143 cm³/mol. The average molecular weight is 457 g/mol. The molecular formula is C27H32N4OSi. The Morgan fingerprint density at radius 1 is 0.909 bits per heavy atom. The average Bonchev–Trinajstić information content (AvgIpc) is 3.12. The van der Waals surface area contributed by atoms with E-state index in [1.807, 2.05) is 41.1 Å². The van der Waals surface area contributed by atoms with Gasteiger partial charge in [0.05, 0.1) is 11.2 Å². The number of nitrogens with two attached hydrogens (primary N) is 2. The summed E-state index contributed by atoms with van der Waals surface area (Å²) in [4.78, 5) is 0. The van der Waals surface area contributed by atoms with Gasteiger partial charge in [-0.3, -0.25) is 0 Å². The Morgan fingerprint density at radius 3 is 2.33 bits per heavy atom. The van der Waals surface area contributed by atoms with Crippen molar-refractivity contribution in [2.45, 2.75) is 32.4 Å². The lowest BCUT2D eigenvalue weighted by Gasteiger charge is -2.15. The van der Waals surface area contributed by atoms with Crippen LogP contribution in [0.2, 0.25) is 25.7 Å². The molecule has 1 aromatic heterocycles. The molecule has 0 aliphatic rings. The Kier molecular flexibility index (Phi) is 6.67. The van der Waals surface area contributed by atoms with Crippen molar-refractivity contribution >= 4 is 42.5 Å². The number of fused-ring (bicyclic) bond motifs is 1. The van der Waals surface area contributed by atoms with Gasteiger partial charge in [0.25, 0.3) is 0 Å². The number of hydrogen-bond donors (Lipinski definition) is 2. The summed E-state index contributed by atoms with van der Waals surface area (Å²) >= 11 is 0. The van der Waals surface area contributed by atoms with Crippen molar-refractivity contribution in [1.82, 2.24) is 9.78 Å². The molecule has 1 heterocycles. The van der Waals surface area contributed by atoms with Gasteiger partial charge in [-0.2, -0.15) is 5.10 Å². The lowest BCUT2D eigenvalue weighted by Crippen LogP contribution is -2.22. The maximum atomic E-state index is 6.26. The molecule has 0 saturated carbocycles. The van der Waals surface area contributed by atoms with Crippen LogP contribution in [0, 0.1) is 0 Å². The third-order valence-corrected chi connectivity index (χ3v) is 7.35. The number of ether oxygens (including phenoxy) is 1. The van der Waals surface area contributed by atoms with Crippen LogP contribution in [0.25, 0.3) is 34.2 Å². The summed E-state index contributed by atoms with van der Waals surface area (Å²) in [5.41, 5.74) is 18.7. The number of rotatable bonds is 8. The van der Waals surface area contributed by atoms with Crippen LogP contribution in [0.15, 0.2) is 66.7 Å². The van der Waals surface area contributed by atoms with Gasteiger partial charge in [0, 0.05) is 37.0 Å². The minimum absolute atomic E-state index is 0.406. The standard InChI is InChI=1S/C27H32N4OSi/c1-33(2,3)17-16-32-19-31-26-18-21(27-23(28)10-7-11-24(27)29)13-14-22(26)25(30-31)15-12-20-8-5-4-6-9-20/h4-15,18H,16-17,19,28-29H2,1-3H3. The molecule has 6 heteroatoms. The SMILES string of the molecule is C[Si](C)(C)CCOCn1nc(C=Cc2ccccc2)c2ccc(-c3c(N)cccc3N)cc21. The summed E-state index contributed by atoms with van der Waals surface area (Å²) in [6.45, 7) is 8.21. The van der Waals surface area contributed by atoms with Gasteiger partial charge < -0.3 is 16.2 Å². The first kappa shape index (κ1) is 22.8. The van der Waals surface area contributed by atoms with Crippen LogP contribution in [-0.2, 0) is 11.5 Å². The fourth-order valence-corrected chi connectivity index (χ4v) is 4.52. The lowest BCUT2D eigenvalue weighted by molar-refractivity contribution is 0.0816. The lowest BCUT2D eigenvalue weighted by atomic mass is 10.00. The predicted octanol–water partition coefficient (Wildman–Crippen LogP) is 6.35. The van der Waals surface area contributed by atoms with E-state index in [1.54, 1.807) is 0 Å². The molecule has 5 nitrogen and oxygen atoms in total. The van der Waals surface area contributed by atoms with Gasteiger partial charge in [0.1, 0.15) is 6.73 Å². The highest BCUT2D eigenvalue weighted by Gasteiger charge is 2.15. The van der Waals surface area contributed by atoms with Crippen LogP contribution in [0.4, 0.5) is 11.4 Å². The Morgan fingerprint density at radius 2 is 1.64 bits per heavy atom. The van der Waals surface area contributed by atoms with Gasteiger partial charge in [-0.25, -0.2) is 4.68 Å². The van der Waals surface area contributed by atoms with E-state index in [2.05, 4.69) is 62.1 Å². The molecule has 3 aromatic carbocycles. The van der Waals surface area contributed by atoms with Crippen LogP contribution < -0.4 is 11.5 Å². The van der Waals surface area contributed by atoms with Crippen molar-refractivity contribution in [3.63, 3.8) is 0 Å². The van der Waals surface area contributed by atoms with Gasteiger partial charge in [-0.1, -0.05) is 68.2 Å². The molecule has 0 unspecified atom stereocenters. The second-order valence-electron chi connectivity index (χ2n) is 9.52. The highest BCUT2D eigenvalue weighted by Crippen LogP contribution is 2.34. The first-order valence-corrected chi connectivity index (χ1v) is 15.0. The van der Waals surface area contributed by atoms with Gasteiger partial charge in [0.15, 0.2) is 0 Å². The van der Waals surface area contributed by atoms with Crippen LogP contribution >= 0.6 is 0 Å². The number of anilines is 2. The van der Waals surface area contributed by atoms with E-state index in [1.165, 1.54) is 0 Å². The molecule has 0 bridgehead atoms. The highest BCUT2D eigenvalue weighted by atomic mass is 28.3. The van der Waals surface area contributed by atoms with E-state index in [0.717, 1.165) is 45.9 Å². The van der Waals surface area contributed by atoms with Crippen molar-refractivity contribution < 1.29 is 4.74 Å².